The molecule has 1 saturated heterocycles. The second kappa shape index (κ2) is 11.8. The fraction of sp³-hybridized carbons (Fsp3) is 0.462. The van der Waals surface area contributed by atoms with Crippen LogP contribution >= 0.6 is 11.6 Å². The Bertz CT molecular complexity index is 1300. The number of aliphatic imine (C=N–C) groups is 1. The molecule has 2 heterocycles. The molecular formula is C26H32ClF3N6O3. The molecule has 3 rings (SSSR count). The number of hydrogen-bond donors (Lipinski definition) is 4. The number of likely N-dealkylation sites (tertiary alicyclic amines) is 1. The van der Waals surface area contributed by atoms with Crippen molar-refractivity contribution in [3.63, 3.8) is 0 Å². The highest BCUT2D eigenvalue weighted by molar-refractivity contribution is 6.31. The summed E-state index contributed by atoms with van der Waals surface area (Å²) in [5.74, 6) is -0.777. The summed E-state index contributed by atoms with van der Waals surface area (Å²) in [6.45, 7) is 6.53. The van der Waals surface area contributed by atoms with Crippen LogP contribution in [0.5, 0.6) is 0 Å². The average Bonchev–Trinajstić information content (AvgIpc) is 2.80. The topological polar surface area (TPSA) is 133 Å². The Morgan fingerprint density at radius 2 is 1.90 bits per heavy atom. The molecule has 1 aliphatic heterocycles. The van der Waals surface area contributed by atoms with Crippen LogP contribution in [0.4, 0.5) is 18.9 Å². The van der Waals surface area contributed by atoms with Gasteiger partial charge in [-0.2, -0.15) is 13.2 Å². The summed E-state index contributed by atoms with van der Waals surface area (Å²) in [5, 5.41) is 16.6. The molecule has 1 fully saturated rings. The summed E-state index contributed by atoms with van der Waals surface area (Å²) in [6, 6.07) is 4.26. The van der Waals surface area contributed by atoms with Crippen LogP contribution in [0, 0.1) is 0 Å². The van der Waals surface area contributed by atoms with Gasteiger partial charge in [0.2, 0.25) is 5.91 Å². The highest BCUT2D eigenvalue weighted by atomic mass is 35.5. The molecule has 0 bridgehead atoms. The number of fused-ring (bicyclic) bond motifs is 1. The molecule has 5 N–H and O–H groups in total. The number of anilines is 1. The van der Waals surface area contributed by atoms with Gasteiger partial charge in [-0.15, -0.1) is 0 Å². The van der Waals surface area contributed by atoms with E-state index in [9.17, 15) is 27.9 Å². The van der Waals surface area contributed by atoms with Crippen LogP contribution in [0.2, 0.25) is 5.02 Å². The lowest BCUT2D eigenvalue weighted by Gasteiger charge is -2.38. The first-order chi connectivity index (χ1) is 18.0. The van der Waals surface area contributed by atoms with E-state index in [1.165, 1.54) is 43.2 Å². The Morgan fingerprint density at radius 1 is 1.23 bits per heavy atom. The number of alkyl halides is 3. The minimum Gasteiger partial charge on any atom is -0.402 e. The number of nitrogens with one attached hydrogen (secondary N) is 2. The number of pyridine rings is 1. The van der Waals surface area contributed by atoms with Gasteiger partial charge in [-0.25, -0.2) is 4.98 Å². The number of rotatable bonds is 7. The molecular weight excluding hydrogens is 537 g/mol. The molecule has 2 amide bonds. The summed E-state index contributed by atoms with van der Waals surface area (Å²) in [7, 11) is 0. The Labute approximate surface area is 229 Å². The van der Waals surface area contributed by atoms with Gasteiger partial charge >= 0.3 is 6.18 Å². The van der Waals surface area contributed by atoms with Crippen LogP contribution in [0.15, 0.2) is 40.5 Å². The molecule has 0 aliphatic carbocycles. The second-order valence-corrected chi connectivity index (χ2v) is 10.7. The number of nitrogens with two attached hydrogens (primary N) is 1. The van der Waals surface area contributed by atoms with E-state index in [2.05, 4.69) is 20.6 Å². The third-order valence-electron chi connectivity index (χ3n) is 6.02. The fourth-order valence-electron chi connectivity index (χ4n) is 4.21. The molecule has 0 spiro atoms. The van der Waals surface area contributed by atoms with Gasteiger partial charge in [-0.1, -0.05) is 11.6 Å². The first kappa shape index (κ1) is 30.2. The van der Waals surface area contributed by atoms with Crippen molar-refractivity contribution in [2.45, 2.75) is 58.0 Å². The molecule has 0 radical (unpaired) electrons. The molecule has 1 aliphatic rings. The van der Waals surface area contributed by atoms with Crippen molar-refractivity contribution in [2.24, 2.45) is 10.7 Å². The van der Waals surface area contributed by atoms with Gasteiger partial charge in [0.1, 0.15) is 5.69 Å². The van der Waals surface area contributed by atoms with Gasteiger partial charge in [0.05, 0.1) is 23.2 Å². The van der Waals surface area contributed by atoms with Crippen LogP contribution in [-0.2, 0) is 15.8 Å². The highest BCUT2D eigenvalue weighted by Gasteiger charge is 2.35. The molecule has 0 saturated carbocycles. The minimum atomic E-state index is -4.67. The maximum atomic E-state index is 13.6. The molecule has 2 atom stereocenters. The van der Waals surface area contributed by atoms with Crippen molar-refractivity contribution in [3.05, 3.63) is 46.3 Å². The number of aromatic nitrogens is 1. The molecule has 0 unspecified atom stereocenters. The first-order valence-corrected chi connectivity index (χ1v) is 12.6. The molecule has 212 valence electrons. The van der Waals surface area contributed by atoms with Crippen molar-refractivity contribution in [1.29, 1.82) is 0 Å². The number of benzene rings is 1. The second-order valence-electron chi connectivity index (χ2n) is 10.3. The maximum Gasteiger partial charge on any atom is 0.433 e. The van der Waals surface area contributed by atoms with Gasteiger partial charge in [0, 0.05) is 60.1 Å². The zero-order valence-electron chi connectivity index (χ0n) is 22.1. The van der Waals surface area contributed by atoms with Crippen molar-refractivity contribution in [1.82, 2.24) is 15.2 Å². The zero-order valence-corrected chi connectivity index (χ0v) is 22.8. The predicted octanol–water partition coefficient (Wildman–Crippen LogP) is 3.50. The Morgan fingerprint density at radius 3 is 2.49 bits per heavy atom. The van der Waals surface area contributed by atoms with E-state index in [0.717, 1.165) is 6.07 Å². The van der Waals surface area contributed by atoms with E-state index < -0.39 is 35.5 Å². The third-order valence-corrected chi connectivity index (χ3v) is 6.26. The third kappa shape index (κ3) is 8.30. The lowest BCUT2D eigenvalue weighted by molar-refractivity contribution is -0.141. The van der Waals surface area contributed by atoms with E-state index in [1.807, 2.05) is 0 Å². The standard InChI is InChI=1S/C26H32ClF3N6O3/c1-14(31)20(10-32-13-25(3,4)39)24(38)34-18-8-17(11-36(12-18)15(2)37)33-22-9-23(26(28,29)30)35-21-6-5-16(27)7-19(21)22/h5-7,9-10,17-18,39H,8,11-13,31H2,1-4H3,(H,33,35)(H,34,38)/t17-,18+/m1/s1. The molecule has 39 heavy (non-hydrogen) atoms. The van der Waals surface area contributed by atoms with Gasteiger partial charge in [0.15, 0.2) is 0 Å². The summed E-state index contributed by atoms with van der Waals surface area (Å²) < 4.78 is 40.7. The van der Waals surface area contributed by atoms with Gasteiger partial charge in [0.25, 0.3) is 5.91 Å². The fourth-order valence-corrected chi connectivity index (χ4v) is 4.38. The Kier molecular flexibility index (Phi) is 9.12. The molecule has 9 nitrogen and oxygen atoms in total. The summed E-state index contributed by atoms with van der Waals surface area (Å²) in [5.41, 5.74) is 4.34. The zero-order chi connectivity index (χ0) is 29.1. The number of amides is 2. The average molecular weight is 569 g/mol. The SMILES string of the molecule is CC(=O)N1C[C@@H](NC(=O)C(C=NCC(C)(C)O)=C(C)N)C[C@@H](Nc2cc(C(F)(F)F)nc3ccc(Cl)cc23)C1. The van der Waals surface area contributed by atoms with Crippen LogP contribution in [-0.4, -0.2) is 70.3 Å². The largest absolute Gasteiger partial charge is 0.433 e. The number of piperidine rings is 1. The van der Waals surface area contributed by atoms with Gasteiger partial charge < -0.3 is 26.4 Å². The number of hydrogen-bond acceptors (Lipinski definition) is 7. The molecule has 1 aromatic carbocycles. The lowest BCUT2D eigenvalue weighted by Crippen LogP contribution is -2.55. The molecule has 13 heteroatoms. The number of nitrogens with zero attached hydrogens (tertiary/aromatic N) is 3. The normalized spacial score (nSPS) is 19.3. The van der Waals surface area contributed by atoms with Crippen molar-refractivity contribution in [2.75, 3.05) is 25.0 Å². The van der Waals surface area contributed by atoms with Crippen molar-refractivity contribution < 1.29 is 27.9 Å². The number of halogens is 4. The minimum absolute atomic E-state index is 0.0500. The Balaban J connectivity index is 1.87. The van der Waals surface area contributed by atoms with Gasteiger partial charge in [-0.3, -0.25) is 14.6 Å². The number of carbonyl (C=O) groups excluding carboxylic acids is 2. The van der Waals surface area contributed by atoms with Crippen molar-refractivity contribution >= 4 is 46.2 Å². The predicted molar refractivity (Wildman–Crippen MR) is 145 cm³/mol. The highest BCUT2D eigenvalue weighted by Crippen LogP contribution is 2.34. The number of carbonyl (C=O) groups is 2. The van der Waals surface area contributed by atoms with Crippen LogP contribution in [0.1, 0.15) is 39.8 Å². The lowest BCUT2D eigenvalue weighted by atomic mass is 9.99. The summed E-state index contributed by atoms with van der Waals surface area (Å²) in [6.07, 6.45) is -3.08. The molecule has 1 aromatic heterocycles. The van der Waals surface area contributed by atoms with E-state index in [4.69, 9.17) is 17.3 Å². The van der Waals surface area contributed by atoms with Gasteiger partial charge in [-0.05, 0) is 51.5 Å². The van der Waals surface area contributed by atoms with E-state index in [1.54, 1.807) is 13.8 Å². The maximum absolute atomic E-state index is 13.6. The smallest absolute Gasteiger partial charge is 0.402 e. The van der Waals surface area contributed by atoms with Crippen molar-refractivity contribution in [3.8, 4) is 0 Å². The first-order valence-electron chi connectivity index (χ1n) is 12.2. The van der Waals surface area contributed by atoms with E-state index in [0.29, 0.717) is 16.8 Å². The van der Waals surface area contributed by atoms with E-state index in [-0.39, 0.29) is 48.0 Å². The van der Waals surface area contributed by atoms with Crippen LogP contribution in [0.3, 0.4) is 0 Å². The number of allylic oxidation sites excluding steroid dienone is 1. The quantitative estimate of drug-likeness (QED) is 0.298. The summed E-state index contributed by atoms with van der Waals surface area (Å²) >= 11 is 6.11. The summed E-state index contributed by atoms with van der Waals surface area (Å²) in [4.78, 5) is 34.7. The van der Waals surface area contributed by atoms with E-state index >= 15 is 0 Å². The van der Waals surface area contributed by atoms with Crippen LogP contribution in [0.25, 0.3) is 10.9 Å². The Hall–Kier alpha value is -3.38. The van der Waals surface area contributed by atoms with Crippen LogP contribution < -0.4 is 16.4 Å². The number of aliphatic hydroxyl groups is 1. The monoisotopic (exact) mass is 568 g/mol. The molecule has 2 aromatic rings.